The molecule has 1 fully saturated rings. The third-order valence-corrected chi connectivity index (χ3v) is 7.41. The number of amides is 1. The number of carbonyl (C=O) groups is 1. The van der Waals surface area contributed by atoms with Crippen molar-refractivity contribution in [3.05, 3.63) is 96.4 Å². The number of rotatable bonds is 8. The van der Waals surface area contributed by atoms with Crippen LogP contribution in [0.15, 0.2) is 85.1 Å². The van der Waals surface area contributed by atoms with E-state index in [0.717, 1.165) is 60.0 Å². The highest BCUT2D eigenvalue weighted by Gasteiger charge is 2.17. The lowest BCUT2D eigenvalue weighted by Gasteiger charge is -2.34. The van der Waals surface area contributed by atoms with Gasteiger partial charge in [0.25, 0.3) is 0 Å². The molecule has 10 heteroatoms. The lowest BCUT2D eigenvalue weighted by molar-refractivity contribution is -0.115. The van der Waals surface area contributed by atoms with Crippen molar-refractivity contribution in [1.82, 2.24) is 19.5 Å². The number of ether oxygens (including phenoxy) is 1. The summed E-state index contributed by atoms with van der Waals surface area (Å²) in [4.78, 5) is 21.7. The van der Waals surface area contributed by atoms with Crippen molar-refractivity contribution in [2.45, 2.75) is 6.42 Å². The molecule has 1 aliphatic heterocycles. The Balaban J connectivity index is 1.12. The largest absolute Gasteiger partial charge is 0.494 e. The Bertz CT molecular complexity index is 1700. The predicted molar refractivity (Wildman–Crippen MR) is 163 cm³/mol. The zero-order valence-electron chi connectivity index (χ0n) is 23.5. The molecular weight excluding hydrogens is 533 g/mol. The minimum atomic E-state index is -0.321. The number of pyridine rings is 1. The Labute approximate surface area is 243 Å². The molecule has 214 valence electrons. The second kappa shape index (κ2) is 11.9. The van der Waals surface area contributed by atoms with Gasteiger partial charge in [-0.25, -0.2) is 8.91 Å². The Kier molecular flexibility index (Phi) is 7.70. The number of halogens is 1. The van der Waals surface area contributed by atoms with E-state index in [1.165, 1.54) is 12.1 Å². The summed E-state index contributed by atoms with van der Waals surface area (Å²) in [6.45, 7) is 4.04. The normalized spacial score (nSPS) is 13.7. The van der Waals surface area contributed by atoms with E-state index in [4.69, 9.17) is 4.74 Å². The molecule has 0 radical (unpaired) electrons. The number of likely N-dealkylation sites (N-methyl/N-ethyl adjacent to an activating group) is 1. The first-order valence-corrected chi connectivity index (χ1v) is 13.8. The Morgan fingerprint density at radius 1 is 0.929 bits per heavy atom. The van der Waals surface area contributed by atoms with Crippen LogP contribution in [0.5, 0.6) is 5.75 Å². The number of benzene rings is 3. The van der Waals surface area contributed by atoms with Crippen molar-refractivity contribution >= 4 is 34.6 Å². The lowest BCUT2D eigenvalue weighted by atomic mass is 10.1. The number of carbonyl (C=O) groups excluding carboxylic acids is 1. The standard InChI is InChI=1S/C32H32FN7O2/c1-38-15-17-39(18-16-38)27-12-13-28(29(20-27)42-2)35-32-36-30-14-7-24(21-40(30)37-32)23-5-10-26(11-6-23)34-31(41)19-22-3-8-25(33)9-4-22/h3-14,20-21H,15-19H2,1-2H3,(H,34,41)(H,35,37). The highest BCUT2D eigenvalue weighted by molar-refractivity contribution is 5.92. The van der Waals surface area contributed by atoms with Crippen LogP contribution in [-0.4, -0.2) is 65.7 Å². The van der Waals surface area contributed by atoms with E-state index in [1.807, 2.05) is 48.7 Å². The van der Waals surface area contributed by atoms with Crippen LogP contribution < -0.4 is 20.3 Å². The van der Waals surface area contributed by atoms with Crippen LogP contribution in [0.2, 0.25) is 0 Å². The van der Waals surface area contributed by atoms with Crippen molar-refractivity contribution in [2.24, 2.45) is 0 Å². The zero-order valence-corrected chi connectivity index (χ0v) is 23.5. The van der Waals surface area contributed by atoms with E-state index in [0.29, 0.717) is 17.3 Å². The van der Waals surface area contributed by atoms with Crippen molar-refractivity contribution < 1.29 is 13.9 Å². The number of hydrogen-bond donors (Lipinski definition) is 2. The Morgan fingerprint density at radius 2 is 1.67 bits per heavy atom. The first-order valence-electron chi connectivity index (χ1n) is 13.8. The molecule has 1 amide bonds. The number of nitrogens with zero attached hydrogens (tertiary/aromatic N) is 5. The van der Waals surface area contributed by atoms with E-state index < -0.39 is 0 Å². The number of hydrogen-bond acceptors (Lipinski definition) is 7. The summed E-state index contributed by atoms with van der Waals surface area (Å²) in [5, 5.41) is 10.8. The molecular formula is C32H32FN7O2. The average Bonchev–Trinajstić information content (AvgIpc) is 3.41. The van der Waals surface area contributed by atoms with Gasteiger partial charge in [-0.05, 0) is 66.7 Å². The molecule has 2 aromatic heterocycles. The molecule has 42 heavy (non-hydrogen) atoms. The topological polar surface area (TPSA) is 87.0 Å². The minimum Gasteiger partial charge on any atom is -0.494 e. The maximum absolute atomic E-state index is 13.1. The monoisotopic (exact) mass is 565 g/mol. The fourth-order valence-corrected chi connectivity index (χ4v) is 5.01. The molecule has 0 saturated carbocycles. The summed E-state index contributed by atoms with van der Waals surface area (Å²) in [7, 11) is 3.81. The first kappa shape index (κ1) is 27.2. The summed E-state index contributed by atoms with van der Waals surface area (Å²) >= 11 is 0. The van der Waals surface area contributed by atoms with Gasteiger partial charge < -0.3 is 25.2 Å². The van der Waals surface area contributed by atoms with Crippen LogP contribution in [0.1, 0.15) is 5.56 Å². The van der Waals surface area contributed by atoms with Gasteiger partial charge in [-0.3, -0.25) is 4.79 Å². The van der Waals surface area contributed by atoms with Crippen LogP contribution in [0.3, 0.4) is 0 Å². The fraction of sp³-hybridized carbons (Fsp3) is 0.219. The summed E-state index contributed by atoms with van der Waals surface area (Å²) in [5.41, 5.74) is 6.00. The van der Waals surface area contributed by atoms with Gasteiger partial charge in [0.05, 0.1) is 19.2 Å². The number of methoxy groups -OCH3 is 1. The first-order chi connectivity index (χ1) is 20.4. The van der Waals surface area contributed by atoms with Crippen LogP contribution in [0.25, 0.3) is 16.8 Å². The van der Waals surface area contributed by atoms with Crippen LogP contribution in [0, 0.1) is 5.82 Å². The quantitative estimate of drug-likeness (QED) is 0.267. The van der Waals surface area contributed by atoms with Crippen molar-refractivity contribution in [2.75, 3.05) is 55.9 Å². The fourth-order valence-electron chi connectivity index (χ4n) is 5.01. The molecule has 0 aliphatic carbocycles. The van der Waals surface area contributed by atoms with Gasteiger partial charge in [0.1, 0.15) is 11.6 Å². The predicted octanol–water partition coefficient (Wildman–Crippen LogP) is 5.22. The summed E-state index contributed by atoms with van der Waals surface area (Å²) in [6.07, 6.45) is 2.09. The van der Waals surface area contributed by atoms with Gasteiger partial charge in [0.15, 0.2) is 5.65 Å². The van der Waals surface area contributed by atoms with Crippen LogP contribution in [0.4, 0.5) is 27.4 Å². The van der Waals surface area contributed by atoms with E-state index in [-0.39, 0.29) is 18.1 Å². The molecule has 5 aromatic rings. The van der Waals surface area contributed by atoms with Gasteiger partial charge in [0.2, 0.25) is 11.9 Å². The minimum absolute atomic E-state index is 0.163. The molecule has 3 heterocycles. The molecule has 2 N–H and O–H groups in total. The smallest absolute Gasteiger partial charge is 0.247 e. The molecule has 0 spiro atoms. The van der Waals surface area contributed by atoms with Gasteiger partial charge in [-0.2, -0.15) is 4.98 Å². The third-order valence-electron chi connectivity index (χ3n) is 7.41. The molecule has 0 atom stereocenters. The molecule has 3 aromatic carbocycles. The van der Waals surface area contributed by atoms with Gasteiger partial charge >= 0.3 is 0 Å². The Hall–Kier alpha value is -4.96. The molecule has 9 nitrogen and oxygen atoms in total. The van der Waals surface area contributed by atoms with Gasteiger partial charge in [0, 0.05) is 55.4 Å². The number of aromatic nitrogens is 3. The third kappa shape index (κ3) is 6.18. The zero-order chi connectivity index (χ0) is 29.1. The molecule has 1 saturated heterocycles. The lowest BCUT2D eigenvalue weighted by Crippen LogP contribution is -2.44. The highest BCUT2D eigenvalue weighted by Crippen LogP contribution is 2.32. The summed E-state index contributed by atoms with van der Waals surface area (Å²) in [6, 6.07) is 23.6. The van der Waals surface area contributed by atoms with Gasteiger partial charge in [-0.1, -0.05) is 24.3 Å². The van der Waals surface area contributed by atoms with E-state index in [1.54, 1.807) is 23.8 Å². The number of piperazine rings is 1. The summed E-state index contributed by atoms with van der Waals surface area (Å²) in [5.74, 6) is 0.717. The SMILES string of the molecule is COc1cc(N2CCN(C)CC2)ccc1Nc1nc2ccc(-c3ccc(NC(=O)Cc4ccc(F)cc4)cc3)cn2n1. The van der Waals surface area contributed by atoms with E-state index >= 15 is 0 Å². The molecule has 0 unspecified atom stereocenters. The maximum atomic E-state index is 13.1. The Morgan fingerprint density at radius 3 is 2.40 bits per heavy atom. The number of nitrogens with one attached hydrogen (secondary N) is 2. The average molecular weight is 566 g/mol. The number of anilines is 4. The second-order valence-electron chi connectivity index (χ2n) is 10.4. The van der Waals surface area contributed by atoms with Gasteiger partial charge in [-0.15, -0.1) is 5.10 Å². The van der Waals surface area contributed by atoms with Crippen molar-refractivity contribution in [1.29, 1.82) is 0 Å². The van der Waals surface area contributed by atoms with E-state index in [9.17, 15) is 9.18 Å². The maximum Gasteiger partial charge on any atom is 0.247 e. The van der Waals surface area contributed by atoms with Crippen molar-refractivity contribution in [3.63, 3.8) is 0 Å². The molecule has 0 bridgehead atoms. The van der Waals surface area contributed by atoms with Crippen molar-refractivity contribution in [3.8, 4) is 16.9 Å². The highest BCUT2D eigenvalue weighted by atomic mass is 19.1. The van der Waals surface area contributed by atoms with Crippen LogP contribution >= 0.6 is 0 Å². The molecule has 6 rings (SSSR count). The second-order valence-corrected chi connectivity index (χ2v) is 10.4. The van der Waals surface area contributed by atoms with Crippen LogP contribution in [-0.2, 0) is 11.2 Å². The molecule has 1 aliphatic rings. The number of fused-ring (bicyclic) bond motifs is 1. The summed E-state index contributed by atoms with van der Waals surface area (Å²) < 4.78 is 20.5. The van der Waals surface area contributed by atoms with E-state index in [2.05, 4.69) is 49.7 Å².